The second-order valence-electron chi connectivity index (χ2n) is 5.04. The Bertz CT molecular complexity index is 543. The molecule has 0 amide bonds. The van der Waals surface area contributed by atoms with E-state index in [1.807, 2.05) is 13.8 Å². The van der Waals surface area contributed by atoms with E-state index in [2.05, 4.69) is 4.72 Å². The number of benzene rings is 1. The molecule has 1 atom stereocenters. The summed E-state index contributed by atoms with van der Waals surface area (Å²) in [5.74, 6) is 0.718. The number of ether oxygens (including phenoxy) is 1. The van der Waals surface area contributed by atoms with Gasteiger partial charge < -0.3 is 15.6 Å². The average Bonchev–Trinajstić information content (AvgIpc) is 2.35. The normalized spacial score (nSPS) is 13.4. The molecule has 1 rings (SSSR count). The number of sulfonamides is 1. The van der Waals surface area contributed by atoms with E-state index in [0.29, 0.717) is 18.1 Å². The Morgan fingerprint density at radius 1 is 1.40 bits per heavy atom. The highest BCUT2D eigenvalue weighted by molar-refractivity contribution is 7.89. The van der Waals surface area contributed by atoms with E-state index in [1.165, 1.54) is 25.3 Å². The molecule has 114 valence electrons. The Labute approximate surface area is 120 Å². The van der Waals surface area contributed by atoms with Crippen LogP contribution in [-0.4, -0.2) is 33.3 Å². The van der Waals surface area contributed by atoms with Gasteiger partial charge in [0, 0.05) is 6.54 Å². The smallest absolute Gasteiger partial charge is 0.240 e. The third kappa shape index (κ3) is 4.66. The number of aliphatic hydroxyl groups is 1. The predicted octanol–water partition coefficient (Wildman–Crippen LogP) is 0.963. The highest BCUT2D eigenvalue weighted by Crippen LogP contribution is 2.24. The first-order chi connectivity index (χ1) is 9.26. The van der Waals surface area contributed by atoms with E-state index in [4.69, 9.17) is 10.5 Å². The van der Waals surface area contributed by atoms with Gasteiger partial charge in [-0.1, -0.05) is 13.8 Å². The summed E-state index contributed by atoms with van der Waals surface area (Å²) in [6.07, 6.45) is -0.173. The minimum atomic E-state index is -3.68. The Hall–Kier alpha value is -1.31. The molecule has 4 N–H and O–H groups in total. The van der Waals surface area contributed by atoms with E-state index in [0.717, 1.165) is 0 Å². The standard InChI is InChI=1S/C13H22N2O4S/c1-9(2)6-10(16)8-15-20(17,18)11-4-5-13(19-3)12(14)7-11/h4-5,7,9-10,15-16H,6,8,14H2,1-3H3. The SMILES string of the molecule is COc1ccc(S(=O)(=O)NCC(O)CC(C)C)cc1N. The number of hydrogen-bond acceptors (Lipinski definition) is 5. The summed E-state index contributed by atoms with van der Waals surface area (Å²) in [6.45, 7) is 3.90. The van der Waals surface area contributed by atoms with Gasteiger partial charge in [0.2, 0.25) is 10.0 Å². The second kappa shape index (κ2) is 6.92. The van der Waals surface area contributed by atoms with Crippen LogP contribution in [0, 0.1) is 5.92 Å². The van der Waals surface area contributed by atoms with E-state index in [9.17, 15) is 13.5 Å². The number of nitrogens with two attached hydrogens (primary N) is 1. The van der Waals surface area contributed by atoms with Crippen molar-refractivity contribution in [1.29, 1.82) is 0 Å². The Kier molecular flexibility index (Phi) is 5.79. The molecule has 0 aliphatic rings. The number of aliphatic hydroxyl groups excluding tert-OH is 1. The van der Waals surface area contributed by atoms with Gasteiger partial charge in [0.15, 0.2) is 0 Å². The number of rotatable bonds is 7. The molecule has 1 aromatic carbocycles. The van der Waals surface area contributed by atoms with Crippen molar-refractivity contribution in [1.82, 2.24) is 4.72 Å². The van der Waals surface area contributed by atoms with Gasteiger partial charge in [0.1, 0.15) is 5.75 Å². The van der Waals surface area contributed by atoms with Crippen LogP contribution in [-0.2, 0) is 10.0 Å². The lowest BCUT2D eigenvalue weighted by Gasteiger charge is -2.14. The second-order valence-corrected chi connectivity index (χ2v) is 6.81. The molecular weight excluding hydrogens is 280 g/mol. The van der Waals surface area contributed by atoms with Crippen LogP contribution in [0.4, 0.5) is 5.69 Å². The van der Waals surface area contributed by atoms with Gasteiger partial charge in [0.25, 0.3) is 0 Å². The summed E-state index contributed by atoms with van der Waals surface area (Å²) in [5, 5.41) is 9.69. The molecule has 0 aliphatic heterocycles. The van der Waals surface area contributed by atoms with Crippen molar-refractivity contribution in [3.8, 4) is 5.75 Å². The molecule has 0 saturated carbocycles. The van der Waals surface area contributed by atoms with E-state index in [-0.39, 0.29) is 17.1 Å². The van der Waals surface area contributed by atoms with Gasteiger partial charge in [-0.15, -0.1) is 0 Å². The van der Waals surface area contributed by atoms with Crippen molar-refractivity contribution in [2.24, 2.45) is 5.92 Å². The van der Waals surface area contributed by atoms with Crippen LogP contribution in [0.25, 0.3) is 0 Å². The lowest BCUT2D eigenvalue weighted by atomic mass is 10.1. The molecule has 0 saturated heterocycles. The zero-order chi connectivity index (χ0) is 15.3. The Morgan fingerprint density at radius 3 is 2.55 bits per heavy atom. The van der Waals surface area contributed by atoms with E-state index >= 15 is 0 Å². The Morgan fingerprint density at radius 2 is 2.05 bits per heavy atom. The van der Waals surface area contributed by atoms with E-state index < -0.39 is 16.1 Å². The molecule has 0 aliphatic carbocycles. The molecule has 7 heteroatoms. The minimum absolute atomic E-state index is 0.0214. The molecule has 6 nitrogen and oxygen atoms in total. The van der Waals surface area contributed by atoms with Gasteiger partial charge in [-0.05, 0) is 30.5 Å². The van der Waals surface area contributed by atoms with E-state index in [1.54, 1.807) is 0 Å². The van der Waals surface area contributed by atoms with Crippen molar-refractivity contribution < 1.29 is 18.3 Å². The summed E-state index contributed by atoms with van der Waals surface area (Å²) in [5.41, 5.74) is 5.93. The number of nitrogens with one attached hydrogen (secondary N) is 1. The van der Waals surface area contributed by atoms with Crippen LogP contribution >= 0.6 is 0 Å². The van der Waals surface area contributed by atoms with Gasteiger partial charge in [-0.3, -0.25) is 0 Å². The van der Waals surface area contributed by atoms with Crippen LogP contribution in [0.15, 0.2) is 23.1 Å². The molecule has 1 unspecified atom stereocenters. The first-order valence-corrected chi connectivity index (χ1v) is 7.86. The number of hydrogen-bond donors (Lipinski definition) is 3. The van der Waals surface area contributed by atoms with Crippen molar-refractivity contribution >= 4 is 15.7 Å². The summed E-state index contributed by atoms with van der Waals surface area (Å²) in [6, 6.07) is 4.23. The molecule has 0 radical (unpaired) electrons. The molecule has 0 spiro atoms. The predicted molar refractivity (Wildman–Crippen MR) is 78.1 cm³/mol. The first kappa shape index (κ1) is 16.7. The van der Waals surface area contributed by atoms with Crippen LogP contribution in [0.1, 0.15) is 20.3 Å². The molecule has 1 aromatic rings. The van der Waals surface area contributed by atoms with Crippen LogP contribution in [0.2, 0.25) is 0 Å². The molecule has 0 fully saturated rings. The van der Waals surface area contributed by atoms with Crippen molar-refractivity contribution in [2.75, 3.05) is 19.4 Å². The fraction of sp³-hybridized carbons (Fsp3) is 0.538. The van der Waals surface area contributed by atoms with Crippen LogP contribution in [0.3, 0.4) is 0 Å². The first-order valence-electron chi connectivity index (χ1n) is 6.37. The third-order valence-corrected chi connectivity index (χ3v) is 4.19. The van der Waals surface area contributed by atoms with Crippen LogP contribution < -0.4 is 15.2 Å². The minimum Gasteiger partial charge on any atom is -0.495 e. The lowest BCUT2D eigenvalue weighted by molar-refractivity contribution is 0.152. The fourth-order valence-corrected chi connectivity index (χ4v) is 2.90. The number of methoxy groups -OCH3 is 1. The van der Waals surface area contributed by atoms with Gasteiger partial charge >= 0.3 is 0 Å². The number of nitrogen functional groups attached to an aromatic ring is 1. The summed E-state index contributed by atoms with van der Waals surface area (Å²) < 4.78 is 31.5. The third-order valence-electron chi connectivity index (χ3n) is 2.76. The molecule has 0 aromatic heterocycles. The molecule has 0 bridgehead atoms. The maximum atomic E-state index is 12.1. The molecule has 0 heterocycles. The largest absolute Gasteiger partial charge is 0.495 e. The quantitative estimate of drug-likeness (QED) is 0.651. The van der Waals surface area contributed by atoms with Crippen molar-refractivity contribution in [3.05, 3.63) is 18.2 Å². The highest BCUT2D eigenvalue weighted by Gasteiger charge is 2.17. The average molecular weight is 302 g/mol. The monoisotopic (exact) mass is 302 g/mol. The van der Waals surface area contributed by atoms with Gasteiger partial charge in [0.05, 0.1) is 23.8 Å². The zero-order valence-corrected chi connectivity index (χ0v) is 12.8. The molecule has 20 heavy (non-hydrogen) atoms. The highest BCUT2D eigenvalue weighted by atomic mass is 32.2. The van der Waals surface area contributed by atoms with Crippen LogP contribution in [0.5, 0.6) is 5.75 Å². The number of anilines is 1. The molecular formula is C13H22N2O4S. The lowest BCUT2D eigenvalue weighted by Crippen LogP contribution is -2.32. The summed E-state index contributed by atoms with van der Waals surface area (Å²) in [4.78, 5) is 0.0487. The summed E-state index contributed by atoms with van der Waals surface area (Å²) in [7, 11) is -2.23. The zero-order valence-electron chi connectivity index (χ0n) is 12.0. The van der Waals surface area contributed by atoms with Gasteiger partial charge in [-0.25, -0.2) is 13.1 Å². The van der Waals surface area contributed by atoms with Gasteiger partial charge in [-0.2, -0.15) is 0 Å². The Balaban J connectivity index is 2.76. The maximum absolute atomic E-state index is 12.1. The summed E-state index contributed by atoms with van der Waals surface area (Å²) >= 11 is 0. The maximum Gasteiger partial charge on any atom is 0.240 e. The van der Waals surface area contributed by atoms with Crippen molar-refractivity contribution in [3.63, 3.8) is 0 Å². The fourth-order valence-electron chi connectivity index (χ4n) is 1.80. The van der Waals surface area contributed by atoms with Crippen molar-refractivity contribution in [2.45, 2.75) is 31.3 Å². The topological polar surface area (TPSA) is 102 Å².